The van der Waals surface area contributed by atoms with Gasteiger partial charge >= 0.3 is 18.3 Å². The monoisotopic (exact) mass is 653 g/mol. The summed E-state index contributed by atoms with van der Waals surface area (Å²) in [7, 11) is 0. The number of fused-ring (bicyclic) bond motifs is 1. The van der Waals surface area contributed by atoms with Crippen LogP contribution in [0.5, 0.6) is 5.75 Å². The Balaban J connectivity index is 2.03. The molecule has 46 heavy (non-hydrogen) atoms. The second-order valence-corrected chi connectivity index (χ2v) is 13.0. The maximum absolute atomic E-state index is 14.5. The van der Waals surface area contributed by atoms with Gasteiger partial charge in [0, 0.05) is 40.2 Å². The first-order valence-electron chi connectivity index (χ1n) is 15.8. The van der Waals surface area contributed by atoms with E-state index in [1.54, 1.807) is 36.4 Å². The van der Waals surface area contributed by atoms with E-state index >= 15 is 0 Å². The maximum Gasteiger partial charge on any atom is 0.417 e. The van der Waals surface area contributed by atoms with Gasteiger partial charge in [-0.1, -0.05) is 59.2 Å². The number of alkyl halides is 6. The third kappa shape index (κ3) is 10.6. The van der Waals surface area contributed by atoms with Crippen molar-refractivity contribution in [3.63, 3.8) is 0 Å². The van der Waals surface area contributed by atoms with Crippen LogP contribution in [0.3, 0.4) is 0 Å². The molecule has 0 aliphatic rings. The second-order valence-electron chi connectivity index (χ2n) is 13.0. The van der Waals surface area contributed by atoms with Crippen LogP contribution >= 0.6 is 0 Å². The summed E-state index contributed by atoms with van der Waals surface area (Å²) >= 11 is 0. The number of nitrogens with zero attached hydrogens (tertiary/aromatic N) is 1. The first-order chi connectivity index (χ1) is 21.4. The number of carbonyl (C=O) groups is 1. The van der Waals surface area contributed by atoms with Crippen molar-refractivity contribution < 1.29 is 40.6 Å². The lowest BCUT2D eigenvalue weighted by molar-refractivity contribution is -0.173. The van der Waals surface area contributed by atoms with Crippen LogP contribution in [0.25, 0.3) is 22.2 Å². The highest BCUT2D eigenvalue weighted by Crippen LogP contribution is 2.41. The fourth-order valence-corrected chi connectivity index (χ4v) is 5.48. The summed E-state index contributed by atoms with van der Waals surface area (Å²) in [6.07, 6.45) is -5.51. The van der Waals surface area contributed by atoms with Crippen molar-refractivity contribution in [2.45, 2.75) is 98.5 Å². The molecule has 0 spiro atoms. The number of ether oxygens (including phenoxy) is 2. The molecule has 0 fully saturated rings. The number of halogens is 6. The number of esters is 1. The molecule has 0 saturated heterocycles. The lowest BCUT2D eigenvalue weighted by atomic mass is 9.88. The average Bonchev–Trinajstić information content (AvgIpc) is 3.31. The van der Waals surface area contributed by atoms with Gasteiger partial charge in [-0.2, -0.15) is 26.3 Å². The van der Waals surface area contributed by atoms with Crippen LogP contribution in [-0.2, 0) is 28.7 Å². The highest BCUT2D eigenvalue weighted by atomic mass is 19.4. The Bertz CT molecular complexity index is 1490. The van der Waals surface area contributed by atoms with Crippen molar-refractivity contribution in [3.8, 4) is 17.0 Å². The van der Waals surface area contributed by atoms with E-state index in [0.717, 1.165) is 25.7 Å². The minimum atomic E-state index is -4.57. The van der Waals surface area contributed by atoms with Crippen molar-refractivity contribution in [2.75, 3.05) is 13.2 Å². The van der Waals surface area contributed by atoms with Crippen LogP contribution in [0.4, 0.5) is 26.3 Å². The van der Waals surface area contributed by atoms with Gasteiger partial charge in [-0.15, -0.1) is 0 Å². The number of hydrogen-bond donors (Lipinski definition) is 0. The topological polar surface area (TPSA) is 40.5 Å². The lowest BCUT2D eigenvalue weighted by Crippen LogP contribution is -2.36. The molecular formula is C36H45F6NO3. The molecule has 0 N–H and O–H groups in total. The summed E-state index contributed by atoms with van der Waals surface area (Å²) in [6.45, 7) is 11.9. The number of carbonyl (C=O) groups excluding carboxylic acids is 1. The second kappa shape index (κ2) is 15.4. The molecule has 0 radical (unpaired) electrons. The van der Waals surface area contributed by atoms with Gasteiger partial charge in [0.25, 0.3) is 0 Å². The summed E-state index contributed by atoms with van der Waals surface area (Å²) in [5.74, 6) is -0.152. The fraction of sp³-hybridized carbons (Fsp3) is 0.528. The third-order valence-electron chi connectivity index (χ3n) is 7.89. The van der Waals surface area contributed by atoms with Crippen LogP contribution < -0.4 is 4.74 Å². The van der Waals surface area contributed by atoms with E-state index in [4.69, 9.17) is 9.47 Å². The standard InChI is InChI=1S/C36H45F6NO3/c1-7-8-9-12-26-13-16-29(30(18-26)36(40,41)42)32-19-27-14-15-28(20-31(27)43(32)17-10-11-24(2)3)45-22-34(6,21-35(37,38)39)23-46-33(44)25(4)5/h13-16,18-20,24H,4,7-12,17,21-23H2,1-3,5-6H3. The Morgan fingerprint density at radius 3 is 2.28 bits per heavy atom. The summed E-state index contributed by atoms with van der Waals surface area (Å²) in [6, 6.07) is 11.2. The van der Waals surface area contributed by atoms with E-state index in [1.165, 1.54) is 19.9 Å². The quantitative estimate of drug-likeness (QED) is 0.0669. The molecule has 4 nitrogen and oxygen atoms in total. The summed E-state index contributed by atoms with van der Waals surface area (Å²) in [4.78, 5) is 11.9. The number of aromatic nitrogens is 1. The molecule has 0 saturated carbocycles. The molecule has 254 valence electrons. The first kappa shape index (κ1) is 37.0. The van der Waals surface area contributed by atoms with Crippen LogP contribution in [0, 0.1) is 11.3 Å². The van der Waals surface area contributed by atoms with Crippen molar-refractivity contribution in [3.05, 3.63) is 65.7 Å². The lowest BCUT2D eigenvalue weighted by Gasteiger charge is -2.30. The van der Waals surface area contributed by atoms with Crippen LogP contribution in [-0.4, -0.2) is 29.9 Å². The van der Waals surface area contributed by atoms with Crippen LogP contribution in [0.2, 0.25) is 0 Å². The summed E-state index contributed by atoms with van der Waals surface area (Å²) < 4.78 is 96.6. The molecule has 0 aliphatic heterocycles. The molecule has 1 unspecified atom stereocenters. The number of unbranched alkanes of at least 4 members (excludes halogenated alkanes) is 2. The number of benzene rings is 2. The van der Waals surface area contributed by atoms with Crippen molar-refractivity contribution in [1.82, 2.24) is 4.57 Å². The highest BCUT2D eigenvalue weighted by Gasteiger charge is 2.41. The summed E-state index contributed by atoms with van der Waals surface area (Å²) in [5.41, 5.74) is -0.485. The Hall–Kier alpha value is -3.43. The van der Waals surface area contributed by atoms with Crippen LogP contribution in [0.1, 0.15) is 84.3 Å². The fourth-order valence-electron chi connectivity index (χ4n) is 5.48. The predicted molar refractivity (Wildman–Crippen MR) is 170 cm³/mol. The number of hydrogen-bond acceptors (Lipinski definition) is 3. The molecule has 0 bridgehead atoms. The van der Waals surface area contributed by atoms with Crippen molar-refractivity contribution >= 4 is 16.9 Å². The largest absolute Gasteiger partial charge is 0.493 e. The number of rotatable bonds is 16. The summed E-state index contributed by atoms with van der Waals surface area (Å²) in [5, 5.41) is 0.681. The average molecular weight is 654 g/mol. The zero-order valence-corrected chi connectivity index (χ0v) is 27.3. The van der Waals surface area contributed by atoms with Gasteiger partial charge in [0.05, 0.1) is 24.1 Å². The first-order valence-corrected chi connectivity index (χ1v) is 15.8. The SMILES string of the molecule is C=C(C)C(=O)OCC(C)(COc1ccc2cc(-c3ccc(CCCCC)cc3C(F)(F)F)n(CCCC(C)C)c2c1)CC(F)(F)F. The zero-order chi connectivity index (χ0) is 34.3. The van der Waals surface area contributed by atoms with Gasteiger partial charge in [-0.25, -0.2) is 4.79 Å². The van der Waals surface area contributed by atoms with E-state index in [9.17, 15) is 31.1 Å². The van der Waals surface area contributed by atoms with Gasteiger partial charge in [0.2, 0.25) is 0 Å². The van der Waals surface area contributed by atoms with Crippen LogP contribution in [0.15, 0.2) is 54.6 Å². The Kier molecular flexibility index (Phi) is 12.4. The van der Waals surface area contributed by atoms with E-state index < -0.39 is 48.9 Å². The molecule has 10 heteroatoms. The molecule has 0 aliphatic carbocycles. The smallest absolute Gasteiger partial charge is 0.417 e. The third-order valence-corrected chi connectivity index (χ3v) is 7.89. The van der Waals surface area contributed by atoms with Crippen molar-refractivity contribution in [2.24, 2.45) is 11.3 Å². The van der Waals surface area contributed by atoms with Gasteiger partial charge in [-0.3, -0.25) is 0 Å². The van der Waals surface area contributed by atoms with E-state index in [1.807, 2.05) is 11.5 Å². The maximum atomic E-state index is 14.5. The van der Waals surface area contributed by atoms with E-state index in [2.05, 4.69) is 20.4 Å². The Morgan fingerprint density at radius 1 is 0.957 bits per heavy atom. The Morgan fingerprint density at radius 2 is 1.67 bits per heavy atom. The molecule has 1 aromatic heterocycles. The molecule has 3 rings (SSSR count). The van der Waals surface area contributed by atoms with Gasteiger partial charge in [-0.05, 0) is 68.4 Å². The minimum Gasteiger partial charge on any atom is -0.493 e. The van der Waals surface area contributed by atoms with Gasteiger partial charge in [0.15, 0.2) is 0 Å². The van der Waals surface area contributed by atoms with Gasteiger partial charge < -0.3 is 14.0 Å². The highest BCUT2D eigenvalue weighted by molar-refractivity contribution is 5.89. The van der Waals surface area contributed by atoms with E-state index in [0.29, 0.717) is 47.5 Å². The zero-order valence-electron chi connectivity index (χ0n) is 27.3. The minimum absolute atomic E-state index is 0.0644. The molecule has 1 heterocycles. The Labute approximate surface area is 267 Å². The van der Waals surface area contributed by atoms with Gasteiger partial charge in [0.1, 0.15) is 12.4 Å². The number of aryl methyl sites for hydroxylation is 2. The predicted octanol–water partition coefficient (Wildman–Crippen LogP) is 11.0. The normalized spacial score (nSPS) is 13.7. The van der Waals surface area contributed by atoms with Crippen molar-refractivity contribution in [1.29, 1.82) is 0 Å². The molecule has 1 atom stereocenters. The molecular weight excluding hydrogens is 608 g/mol. The molecule has 0 amide bonds. The molecule has 2 aromatic carbocycles. The van der Waals surface area contributed by atoms with E-state index in [-0.39, 0.29) is 16.9 Å². The molecule has 3 aromatic rings.